The number of fused-ring (bicyclic) bond motifs is 1. The Morgan fingerprint density at radius 3 is 2.95 bits per heavy atom. The average molecular weight is 277 g/mol. The average Bonchev–Trinajstić information content (AvgIpc) is 2.95. The highest BCUT2D eigenvalue weighted by Crippen LogP contribution is 2.12. The molecule has 0 aliphatic carbocycles. The van der Waals surface area contributed by atoms with Crippen LogP contribution in [0.2, 0.25) is 0 Å². The lowest BCUT2D eigenvalue weighted by Gasteiger charge is -2.07. The summed E-state index contributed by atoms with van der Waals surface area (Å²) < 4.78 is 2.15. The third-order valence-corrected chi connectivity index (χ3v) is 3.27. The fourth-order valence-electron chi connectivity index (χ4n) is 2.25. The van der Waals surface area contributed by atoms with Crippen LogP contribution < -0.4 is 5.32 Å². The van der Waals surface area contributed by atoms with Gasteiger partial charge in [0.15, 0.2) is 0 Å². The lowest BCUT2D eigenvalue weighted by molar-refractivity contribution is 0.676. The molecule has 0 unspecified atom stereocenters. The number of imidazole rings is 1. The molecule has 2 heterocycles. The number of nitrogens with one attached hydrogen (secondary N) is 1. The maximum Gasteiger partial charge on any atom is 0.142 e. The van der Waals surface area contributed by atoms with Gasteiger partial charge in [-0.25, -0.2) is 9.97 Å². The van der Waals surface area contributed by atoms with Crippen LogP contribution in [0.25, 0.3) is 11.0 Å². The number of hydrogen-bond donors (Lipinski definition) is 1. The summed E-state index contributed by atoms with van der Waals surface area (Å²) >= 11 is 0. The molecule has 0 aliphatic rings. The van der Waals surface area contributed by atoms with Gasteiger partial charge in [0.05, 0.1) is 17.4 Å². The second-order valence-corrected chi connectivity index (χ2v) is 4.73. The predicted molar refractivity (Wildman–Crippen MR) is 81.8 cm³/mol. The van der Waals surface area contributed by atoms with Crippen LogP contribution in [0.15, 0.2) is 48.8 Å². The van der Waals surface area contributed by atoms with Crippen molar-refractivity contribution in [3.05, 3.63) is 54.5 Å². The Morgan fingerprint density at radius 2 is 2.05 bits per heavy atom. The van der Waals surface area contributed by atoms with Crippen molar-refractivity contribution in [2.75, 3.05) is 11.9 Å². The minimum atomic E-state index is 0.431. The van der Waals surface area contributed by atoms with Crippen molar-refractivity contribution in [1.29, 1.82) is 5.26 Å². The van der Waals surface area contributed by atoms with E-state index >= 15 is 0 Å². The molecule has 0 atom stereocenters. The predicted octanol–water partition coefficient (Wildman–Crippen LogP) is 2.81. The van der Waals surface area contributed by atoms with Gasteiger partial charge in [0.25, 0.3) is 0 Å². The number of benzene rings is 1. The normalized spacial score (nSPS) is 10.4. The Hall–Kier alpha value is -2.87. The van der Waals surface area contributed by atoms with Crippen molar-refractivity contribution in [3.63, 3.8) is 0 Å². The number of para-hydroxylation sites is 2. The first-order chi connectivity index (χ1) is 10.4. The Labute approximate surface area is 122 Å². The lowest BCUT2D eigenvalue weighted by Crippen LogP contribution is -2.07. The minimum Gasteiger partial charge on any atom is -0.370 e. The maximum atomic E-state index is 8.81. The van der Waals surface area contributed by atoms with Gasteiger partial charge in [-0.05, 0) is 30.7 Å². The summed E-state index contributed by atoms with van der Waals surface area (Å²) in [6.45, 7) is 1.69. The number of rotatable bonds is 5. The smallest absolute Gasteiger partial charge is 0.142 e. The number of hydrogen-bond acceptors (Lipinski definition) is 4. The second kappa shape index (κ2) is 6.06. The molecular weight excluding hydrogens is 262 g/mol. The summed E-state index contributed by atoms with van der Waals surface area (Å²) in [7, 11) is 0. The molecule has 1 aromatic carbocycles. The van der Waals surface area contributed by atoms with Crippen LogP contribution in [0.4, 0.5) is 5.82 Å². The van der Waals surface area contributed by atoms with E-state index in [0.29, 0.717) is 5.69 Å². The topological polar surface area (TPSA) is 66.5 Å². The number of aryl methyl sites for hydroxylation is 1. The fraction of sp³-hybridized carbons (Fsp3) is 0.188. The van der Waals surface area contributed by atoms with Gasteiger partial charge in [-0.3, -0.25) is 0 Å². The molecule has 0 radical (unpaired) electrons. The summed E-state index contributed by atoms with van der Waals surface area (Å²) in [5.74, 6) is 0.740. The van der Waals surface area contributed by atoms with Gasteiger partial charge in [0.1, 0.15) is 17.6 Å². The molecule has 0 saturated heterocycles. The van der Waals surface area contributed by atoms with E-state index in [9.17, 15) is 0 Å². The molecular formula is C16H15N5. The maximum absolute atomic E-state index is 8.81. The highest BCUT2D eigenvalue weighted by atomic mass is 15.0. The number of aromatic nitrogens is 3. The first-order valence-electron chi connectivity index (χ1n) is 6.88. The molecule has 5 heteroatoms. The van der Waals surface area contributed by atoms with Crippen molar-refractivity contribution < 1.29 is 0 Å². The molecule has 0 bridgehead atoms. The van der Waals surface area contributed by atoms with Crippen LogP contribution >= 0.6 is 0 Å². The first kappa shape index (κ1) is 13.1. The Kier molecular flexibility index (Phi) is 3.79. The van der Waals surface area contributed by atoms with Gasteiger partial charge in [-0.2, -0.15) is 5.26 Å². The molecule has 3 rings (SSSR count). The van der Waals surface area contributed by atoms with Gasteiger partial charge in [-0.15, -0.1) is 0 Å². The van der Waals surface area contributed by atoms with Crippen molar-refractivity contribution in [2.45, 2.75) is 13.0 Å². The highest BCUT2D eigenvalue weighted by molar-refractivity contribution is 5.74. The zero-order valence-corrected chi connectivity index (χ0v) is 11.5. The van der Waals surface area contributed by atoms with E-state index in [1.165, 1.54) is 0 Å². The van der Waals surface area contributed by atoms with E-state index in [1.54, 1.807) is 6.07 Å². The number of nitrogens with zero attached hydrogens (tertiary/aromatic N) is 4. The molecule has 0 amide bonds. The lowest BCUT2D eigenvalue weighted by atomic mass is 10.3. The Bertz CT molecular complexity index is 784. The minimum absolute atomic E-state index is 0.431. The summed E-state index contributed by atoms with van der Waals surface area (Å²) in [4.78, 5) is 8.56. The molecule has 0 aliphatic heterocycles. The molecule has 1 N–H and O–H groups in total. The van der Waals surface area contributed by atoms with Crippen molar-refractivity contribution in [3.8, 4) is 6.07 Å². The summed E-state index contributed by atoms with van der Waals surface area (Å²) in [5.41, 5.74) is 2.61. The molecule has 3 aromatic rings. The third kappa shape index (κ3) is 3.00. The van der Waals surface area contributed by atoms with E-state index in [4.69, 9.17) is 5.26 Å². The molecule has 0 spiro atoms. The van der Waals surface area contributed by atoms with E-state index in [0.717, 1.165) is 36.4 Å². The SMILES string of the molecule is N#Cc1cccc(NCCCn2cnc3ccccc32)n1. The van der Waals surface area contributed by atoms with Crippen molar-refractivity contribution >= 4 is 16.9 Å². The summed E-state index contributed by atoms with van der Waals surface area (Å²) in [5, 5.41) is 12.0. The second-order valence-electron chi connectivity index (χ2n) is 4.73. The van der Waals surface area contributed by atoms with Gasteiger partial charge in [0, 0.05) is 13.1 Å². The molecule has 21 heavy (non-hydrogen) atoms. The molecule has 104 valence electrons. The number of nitriles is 1. The van der Waals surface area contributed by atoms with E-state index in [-0.39, 0.29) is 0 Å². The number of anilines is 1. The number of pyridine rings is 1. The first-order valence-corrected chi connectivity index (χ1v) is 6.88. The van der Waals surface area contributed by atoms with Crippen molar-refractivity contribution in [1.82, 2.24) is 14.5 Å². The zero-order valence-electron chi connectivity index (χ0n) is 11.5. The Balaban J connectivity index is 1.55. The molecule has 0 fully saturated rings. The van der Waals surface area contributed by atoms with Crippen LogP contribution in [0, 0.1) is 11.3 Å². The van der Waals surface area contributed by atoms with Gasteiger partial charge in [0.2, 0.25) is 0 Å². The van der Waals surface area contributed by atoms with Crippen LogP contribution in [0.3, 0.4) is 0 Å². The van der Waals surface area contributed by atoms with Crippen LogP contribution in [-0.2, 0) is 6.54 Å². The highest BCUT2D eigenvalue weighted by Gasteiger charge is 2.01. The van der Waals surface area contributed by atoms with E-state index in [1.807, 2.05) is 42.7 Å². The van der Waals surface area contributed by atoms with E-state index < -0.39 is 0 Å². The quantitative estimate of drug-likeness (QED) is 0.728. The Morgan fingerprint density at radius 1 is 1.14 bits per heavy atom. The zero-order chi connectivity index (χ0) is 14.5. The van der Waals surface area contributed by atoms with Crippen LogP contribution in [0.5, 0.6) is 0 Å². The van der Waals surface area contributed by atoms with Crippen LogP contribution in [-0.4, -0.2) is 21.1 Å². The largest absolute Gasteiger partial charge is 0.370 e. The fourth-order valence-corrected chi connectivity index (χ4v) is 2.25. The van der Waals surface area contributed by atoms with Gasteiger partial charge in [-0.1, -0.05) is 18.2 Å². The molecule has 2 aromatic heterocycles. The molecule has 0 saturated carbocycles. The standard InChI is InChI=1S/C16H15N5/c17-11-13-5-3-8-16(20-13)18-9-4-10-21-12-19-14-6-1-2-7-15(14)21/h1-3,5-8,12H,4,9-10H2,(H,18,20). The van der Waals surface area contributed by atoms with Gasteiger partial charge < -0.3 is 9.88 Å². The third-order valence-electron chi connectivity index (χ3n) is 3.27. The monoisotopic (exact) mass is 277 g/mol. The van der Waals surface area contributed by atoms with Gasteiger partial charge >= 0.3 is 0 Å². The summed E-state index contributed by atoms with van der Waals surface area (Å²) in [6.07, 6.45) is 2.83. The summed E-state index contributed by atoms with van der Waals surface area (Å²) in [6, 6.07) is 15.5. The molecule has 5 nitrogen and oxygen atoms in total. The van der Waals surface area contributed by atoms with E-state index in [2.05, 4.69) is 25.9 Å². The van der Waals surface area contributed by atoms with Crippen LogP contribution in [0.1, 0.15) is 12.1 Å². The van der Waals surface area contributed by atoms with Crippen molar-refractivity contribution in [2.24, 2.45) is 0 Å².